The fourth-order valence-corrected chi connectivity index (χ4v) is 3.28. The van der Waals surface area contributed by atoms with Gasteiger partial charge in [-0.05, 0) is 43.1 Å². The summed E-state index contributed by atoms with van der Waals surface area (Å²) in [5.41, 5.74) is 1.03. The highest BCUT2D eigenvalue weighted by Crippen LogP contribution is 2.37. The van der Waals surface area contributed by atoms with Crippen molar-refractivity contribution in [3.63, 3.8) is 0 Å². The van der Waals surface area contributed by atoms with Crippen LogP contribution in [0.5, 0.6) is 5.88 Å². The van der Waals surface area contributed by atoms with Crippen molar-refractivity contribution in [2.24, 2.45) is 5.92 Å². The van der Waals surface area contributed by atoms with Crippen LogP contribution in [0, 0.1) is 5.92 Å². The first-order valence-electron chi connectivity index (χ1n) is 8.19. The van der Waals surface area contributed by atoms with Gasteiger partial charge >= 0.3 is 6.36 Å². The molecule has 1 aromatic heterocycles. The molecule has 1 aromatic rings. The Kier molecular flexibility index (Phi) is 6.09. The summed E-state index contributed by atoms with van der Waals surface area (Å²) in [5, 5.41) is 0. The molecular formula is C17H24F3NO. The van der Waals surface area contributed by atoms with E-state index in [1.807, 2.05) is 0 Å². The lowest BCUT2D eigenvalue weighted by molar-refractivity contribution is -0.276. The Hall–Kier alpha value is -1.26. The first kappa shape index (κ1) is 17.1. The Morgan fingerprint density at radius 2 is 1.86 bits per heavy atom. The minimum atomic E-state index is -4.68. The highest BCUT2D eigenvalue weighted by Gasteiger charge is 2.31. The summed E-state index contributed by atoms with van der Waals surface area (Å²) < 4.78 is 40.1. The summed E-state index contributed by atoms with van der Waals surface area (Å²) in [4.78, 5) is 3.78. The van der Waals surface area contributed by atoms with Crippen molar-refractivity contribution in [1.82, 2.24) is 4.98 Å². The van der Waals surface area contributed by atoms with Crippen molar-refractivity contribution >= 4 is 0 Å². The van der Waals surface area contributed by atoms with Gasteiger partial charge in [0.15, 0.2) is 0 Å². The van der Waals surface area contributed by atoms with Gasteiger partial charge in [0.05, 0.1) is 0 Å². The van der Waals surface area contributed by atoms with Crippen molar-refractivity contribution in [2.45, 2.75) is 70.6 Å². The van der Waals surface area contributed by atoms with Crippen LogP contribution >= 0.6 is 0 Å². The molecule has 0 atom stereocenters. The summed E-state index contributed by atoms with van der Waals surface area (Å²) >= 11 is 0. The van der Waals surface area contributed by atoms with E-state index in [4.69, 9.17) is 0 Å². The van der Waals surface area contributed by atoms with Crippen LogP contribution in [0.2, 0.25) is 0 Å². The Morgan fingerprint density at radius 3 is 2.41 bits per heavy atom. The van der Waals surface area contributed by atoms with E-state index in [1.165, 1.54) is 50.8 Å². The first-order chi connectivity index (χ1) is 10.5. The zero-order valence-electron chi connectivity index (χ0n) is 13.0. The molecule has 5 heteroatoms. The number of rotatable bonds is 6. The third-order valence-electron chi connectivity index (χ3n) is 4.51. The predicted molar refractivity (Wildman–Crippen MR) is 79.8 cm³/mol. The standard InChI is InChI=1S/C17H24F3NO/c1-2-3-4-5-13-6-8-14(9-7-13)15-10-11-16(21-12-15)22-17(18,19)20/h10-14H,2-9H2,1H3. The lowest BCUT2D eigenvalue weighted by Gasteiger charge is -2.28. The molecule has 1 fully saturated rings. The first-order valence-corrected chi connectivity index (χ1v) is 8.19. The van der Waals surface area contributed by atoms with Gasteiger partial charge in [-0.15, -0.1) is 13.2 Å². The number of unbranched alkanes of at least 4 members (excludes halogenated alkanes) is 2. The van der Waals surface area contributed by atoms with Crippen LogP contribution in [0.3, 0.4) is 0 Å². The summed E-state index contributed by atoms with van der Waals surface area (Å²) in [6.07, 6.45) is 6.71. The number of halogens is 3. The highest BCUT2D eigenvalue weighted by molar-refractivity contribution is 5.21. The number of hydrogen-bond donors (Lipinski definition) is 0. The van der Waals surface area contributed by atoms with E-state index in [9.17, 15) is 13.2 Å². The minimum Gasteiger partial charge on any atom is -0.388 e. The third-order valence-corrected chi connectivity index (χ3v) is 4.51. The van der Waals surface area contributed by atoms with E-state index in [0.29, 0.717) is 5.92 Å². The Labute approximate surface area is 130 Å². The normalized spacial score (nSPS) is 22.5. The second kappa shape index (κ2) is 7.84. The van der Waals surface area contributed by atoms with Gasteiger partial charge in [0.1, 0.15) is 0 Å². The maximum atomic E-state index is 12.1. The molecule has 2 nitrogen and oxygen atoms in total. The monoisotopic (exact) mass is 315 g/mol. The zero-order valence-corrected chi connectivity index (χ0v) is 13.0. The van der Waals surface area contributed by atoms with Crippen LogP contribution in [0.1, 0.15) is 69.8 Å². The smallest absolute Gasteiger partial charge is 0.388 e. The molecule has 0 spiro atoms. The number of aromatic nitrogens is 1. The molecule has 1 aliphatic carbocycles. The summed E-state index contributed by atoms with van der Waals surface area (Å²) in [6.45, 7) is 2.22. The molecule has 0 aliphatic heterocycles. The van der Waals surface area contributed by atoms with E-state index in [0.717, 1.165) is 24.3 Å². The largest absolute Gasteiger partial charge is 0.574 e. The average molecular weight is 315 g/mol. The van der Waals surface area contributed by atoms with Gasteiger partial charge in [-0.25, -0.2) is 4.98 Å². The molecule has 0 radical (unpaired) electrons. The summed E-state index contributed by atoms with van der Waals surface area (Å²) in [5.74, 6) is 0.864. The molecule has 0 aromatic carbocycles. The molecule has 1 heterocycles. The van der Waals surface area contributed by atoms with Crippen molar-refractivity contribution in [1.29, 1.82) is 0 Å². The molecule has 0 unspecified atom stereocenters. The summed E-state index contributed by atoms with van der Waals surface area (Å²) in [6, 6.07) is 3.03. The number of alkyl halides is 3. The van der Waals surface area contributed by atoms with Crippen molar-refractivity contribution in [3.8, 4) is 5.88 Å². The van der Waals surface area contributed by atoms with Gasteiger partial charge in [-0.3, -0.25) is 0 Å². The lowest BCUT2D eigenvalue weighted by atomic mass is 9.77. The van der Waals surface area contributed by atoms with Crippen LogP contribution in [-0.2, 0) is 0 Å². The molecule has 0 N–H and O–H groups in total. The predicted octanol–water partition coefficient (Wildman–Crippen LogP) is 5.83. The van der Waals surface area contributed by atoms with Crippen LogP contribution in [-0.4, -0.2) is 11.3 Å². The molecule has 1 aliphatic rings. The third kappa shape index (κ3) is 5.50. The van der Waals surface area contributed by atoms with Gasteiger partial charge in [0.2, 0.25) is 5.88 Å². The quantitative estimate of drug-likeness (QED) is 0.616. The van der Waals surface area contributed by atoms with Crippen LogP contribution in [0.4, 0.5) is 13.2 Å². The molecule has 124 valence electrons. The maximum absolute atomic E-state index is 12.1. The van der Waals surface area contributed by atoms with E-state index >= 15 is 0 Å². The molecule has 0 saturated heterocycles. The molecule has 22 heavy (non-hydrogen) atoms. The molecular weight excluding hydrogens is 291 g/mol. The topological polar surface area (TPSA) is 22.1 Å². The van der Waals surface area contributed by atoms with Crippen LogP contribution < -0.4 is 4.74 Å². The number of pyridine rings is 1. The molecule has 2 rings (SSSR count). The number of hydrogen-bond acceptors (Lipinski definition) is 2. The number of ether oxygens (including phenoxy) is 1. The Morgan fingerprint density at radius 1 is 1.14 bits per heavy atom. The van der Waals surface area contributed by atoms with Crippen molar-refractivity contribution < 1.29 is 17.9 Å². The Bertz CT molecular complexity index is 436. The van der Waals surface area contributed by atoms with Gasteiger partial charge in [-0.2, -0.15) is 0 Å². The molecule has 0 amide bonds. The highest BCUT2D eigenvalue weighted by atomic mass is 19.4. The fourth-order valence-electron chi connectivity index (χ4n) is 3.28. The van der Waals surface area contributed by atoms with Gasteiger partial charge in [0.25, 0.3) is 0 Å². The second-order valence-corrected chi connectivity index (χ2v) is 6.19. The van der Waals surface area contributed by atoms with Gasteiger partial charge < -0.3 is 4.74 Å². The van der Waals surface area contributed by atoms with Crippen molar-refractivity contribution in [3.05, 3.63) is 23.9 Å². The number of nitrogens with zero attached hydrogens (tertiary/aromatic N) is 1. The van der Waals surface area contributed by atoms with Gasteiger partial charge in [-0.1, -0.05) is 38.7 Å². The maximum Gasteiger partial charge on any atom is 0.574 e. The molecule has 1 saturated carbocycles. The van der Waals surface area contributed by atoms with Crippen molar-refractivity contribution in [2.75, 3.05) is 0 Å². The Balaban J connectivity index is 1.81. The SMILES string of the molecule is CCCCCC1CCC(c2ccc(OC(F)(F)F)nc2)CC1. The second-order valence-electron chi connectivity index (χ2n) is 6.19. The van der Waals surface area contributed by atoms with E-state index in [-0.39, 0.29) is 5.88 Å². The average Bonchev–Trinajstić information content (AvgIpc) is 2.48. The van der Waals surface area contributed by atoms with E-state index in [2.05, 4.69) is 16.6 Å². The molecule has 0 bridgehead atoms. The lowest BCUT2D eigenvalue weighted by Crippen LogP contribution is -2.18. The summed E-state index contributed by atoms with van der Waals surface area (Å²) in [7, 11) is 0. The van der Waals surface area contributed by atoms with Gasteiger partial charge in [0, 0.05) is 12.3 Å². The van der Waals surface area contributed by atoms with Crippen LogP contribution in [0.25, 0.3) is 0 Å². The fraction of sp³-hybridized carbons (Fsp3) is 0.706. The van der Waals surface area contributed by atoms with E-state index in [1.54, 1.807) is 6.07 Å². The van der Waals surface area contributed by atoms with Crippen LogP contribution in [0.15, 0.2) is 18.3 Å². The minimum absolute atomic E-state index is 0.385. The zero-order chi connectivity index (χ0) is 16.0. The van der Waals surface area contributed by atoms with E-state index < -0.39 is 6.36 Å².